The van der Waals surface area contributed by atoms with Gasteiger partial charge in [-0.15, -0.1) is 23.1 Å². The highest BCUT2D eigenvalue weighted by atomic mass is 32.2. The highest BCUT2D eigenvalue weighted by Gasteiger charge is 2.12. The number of thiophene rings is 1. The monoisotopic (exact) mass is 384 g/mol. The summed E-state index contributed by atoms with van der Waals surface area (Å²) in [6.07, 6.45) is 0.991. The Bertz CT molecular complexity index is 778. The second-order valence-electron chi connectivity index (χ2n) is 5.25. The van der Waals surface area contributed by atoms with E-state index in [0.29, 0.717) is 15.5 Å². The number of nitrogens with one attached hydrogen (secondary N) is 2. The minimum atomic E-state index is -0.917. The third-order valence-corrected chi connectivity index (χ3v) is 5.75. The lowest BCUT2D eigenvalue weighted by Crippen LogP contribution is -2.41. The minimum absolute atomic E-state index is 0.133. The van der Waals surface area contributed by atoms with E-state index in [2.05, 4.69) is 10.9 Å². The summed E-state index contributed by atoms with van der Waals surface area (Å²) in [5, 5.41) is 0. The number of rotatable bonds is 6. The van der Waals surface area contributed by atoms with Crippen molar-refractivity contribution in [3.05, 3.63) is 51.2 Å². The molecule has 0 aliphatic carbocycles. The van der Waals surface area contributed by atoms with E-state index in [0.717, 1.165) is 29.0 Å². The number of benzene rings is 1. The maximum absolute atomic E-state index is 13.1. The van der Waals surface area contributed by atoms with Crippen LogP contribution in [0.2, 0.25) is 0 Å². The van der Waals surface area contributed by atoms with Crippen LogP contribution in [0.15, 0.2) is 29.2 Å². The average molecular weight is 384 g/mol. The molecule has 1 aromatic carbocycles. The molecule has 134 valence electrons. The molecule has 0 atom stereocenters. The van der Waals surface area contributed by atoms with E-state index in [4.69, 9.17) is 0 Å². The molecule has 4 nitrogen and oxygen atoms in total. The zero-order chi connectivity index (χ0) is 18.4. The van der Waals surface area contributed by atoms with E-state index >= 15 is 0 Å². The predicted octanol–water partition coefficient (Wildman–Crippen LogP) is 3.84. The molecule has 25 heavy (non-hydrogen) atoms. The Kier molecular flexibility index (Phi) is 6.95. The maximum Gasteiger partial charge on any atom is 0.279 e. The fourth-order valence-corrected chi connectivity index (χ4v) is 3.94. The molecule has 1 aromatic heterocycles. The van der Waals surface area contributed by atoms with Crippen LogP contribution in [-0.4, -0.2) is 17.6 Å². The quantitative estimate of drug-likeness (QED) is 0.588. The first kappa shape index (κ1) is 19.4. The number of amides is 2. The topological polar surface area (TPSA) is 58.2 Å². The molecule has 0 spiro atoms. The van der Waals surface area contributed by atoms with Crippen molar-refractivity contribution in [3.63, 3.8) is 0 Å². The second kappa shape index (κ2) is 8.96. The van der Waals surface area contributed by atoms with Crippen LogP contribution < -0.4 is 10.9 Å². The molecule has 0 aliphatic heterocycles. The number of hydrogen-bond donors (Lipinski definition) is 2. The van der Waals surface area contributed by atoms with Crippen LogP contribution in [0, 0.1) is 18.6 Å². The lowest BCUT2D eigenvalue weighted by Gasteiger charge is -2.06. The van der Waals surface area contributed by atoms with Gasteiger partial charge in [0.25, 0.3) is 5.91 Å². The third kappa shape index (κ3) is 5.54. The predicted molar refractivity (Wildman–Crippen MR) is 95.7 cm³/mol. The van der Waals surface area contributed by atoms with Gasteiger partial charge in [-0.2, -0.15) is 0 Å². The molecule has 0 bridgehead atoms. The van der Waals surface area contributed by atoms with Crippen LogP contribution in [0.4, 0.5) is 8.78 Å². The smallest absolute Gasteiger partial charge is 0.273 e. The molecule has 0 saturated heterocycles. The van der Waals surface area contributed by atoms with Crippen molar-refractivity contribution in [1.29, 1.82) is 0 Å². The van der Waals surface area contributed by atoms with E-state index < -0.39 is 11.6 Å². The minimum Gasteiger partial charge on any atom is -0.273 e. The molecule has 8 heteroatoms. The first-order chi connectivity index (χ1) is 11.9. The number of thioether (sulfide) groups is 1. The van der Waals surface area contributed by atoms with Gasteiger partial charge in [-0.05, 0) is 43.2 Å². The normalized spacial score (nSPS) is 10.6. The van der Waals surface area contributed by atoms with Crippen LogP contribution in [0.5, 0.6) is 0 Å². The Hall–Kier alpha value is -1.93. The van der Waals surface area contributed by atoms with Gasteiger partial charge in [0.15, 0.2) is 11.6 Å². The van der Waals surface area contributed by atoms with Gasteiger partial charge >= 0.3 is 0 Å². The molecule has 0 aliphatic rings. The summed E-state index contributed by atoms with van der Waals surface area (Å²) in [6.45, 7) is 3.97. The molecular weight excluding hydrogens is 366 g/mol. The molecule has 0 fully saturated rings. The van der Waals surface area contributed by atoms with Gasteiger partial charge in [0.1, 0.15) is 0 Å². The number of carbonyl (C=O) groups excluding carboxylic acids is 2. The summed E-state index contributed by atoms with van der Waals surface area (Å²) < 4.78 is 25.9. The molecular formula is C17H18F2N2O2S2. The number of hydrogen-bond acceptors (Lipinski definition) is 4. The molecule has 0 radical (unpaired) electrons. The van der Waals surface area contributed by atoms with Gasteiger partial charge in [-0.25, -0.2) is 8.78 Å². The number of halogens is 2. The first-order valence-corrected chi connectivity index (χ1v) is 9.47. The van der Waals surface area contributed by atoms with Crippen molar-refractivity contribution < 1.29 is 18.4 Å². The van der Waals surface area contributed by atoms with Crippen molar-refractivity contribution in [2.75, 3.05) is 5.75 Å². The van der Waals surface area contributed by atoms with E-state index in [9.17, 15) is 18.4 Å². The molecule has 0 unspecified atom stereocenters. The van der Waals surface area contributed by atoms with Gasteiger partial charge in [-0.3, -0.25) is 20.4 Å². The standard InChI is InChI=1S/C17H18F2N2O2S2/c1-3-14-10(2)8-15(25-14)17(23)21-20-16(22)6-7-24-11-4-5-12(18)13(19)9-11/h4-5,8-9H,3,6-7H2,1-2H3,(H,20,22)(H,21,23). The molecule has 0 saturated carbocycles. The summed E-state index contributed by atoms with van der Waals surface area (Å²) in [5.41, 5.74) is 5.80. The fourth-order valence-electron chi connectivity index (χ4n) is 2.06. The van der Waals surface area contributed by atoms with Crippen LogP contribution >= 0.6 is 23.1 Å². The molecule has 2 N–H and O–H groups in total. The first-order valence-electron chi connectivity index (χ1n) is 7.67. The molecule has 1 heterocycles. The Morgan fingerprint density at radius 2 is 1.92 bits per heavy atom. The summed E-state index contributed by atoms with van der Waals surface area (Å²) in [6, 6.07) is 5.38. The van der Waals surface area contributed by atoms with E-state index in [1.54, 1.807) is 6.07 Å². The number of aryl methyl sites for hydroxylation is 2. The summed E-state index contributed by atoms with van der Waals surface area (Å²) in [5.74, 6) is -2.15. The van der Waals surface area contributed by atoms with Crippen molar-refractivity contribution in [1.82, 2.24) is 10.9 Å². The van der Waals surface area contributed by atoms with E-state index in [1.165, 1.54) is 29.2 Å². The summed E-state index contributed by atoms with van der Waals surface area (Å²) in [7, 11) is 0. The Balaban J connectivity index is 1.74. The lowest BCUT2D eigenvalue weighted by atomic mass is 10.2. The maximum atomic E-state index is 13.1. The molecule has 2 rings (SSSR count). The van der Waals surface area contributed by atoms with Gasteiger partial charge < -0.3 is 0 Å². The second-order valence-corrected chi connectivity index (χ2v) is 7.55. The Labute approximate surface area is 153 Å². The van der Waals surface area contributed by atoms with E-state index in [1.807, 2.05) is 13.8 Å². The van der Waals surface area contributed by atoms with Crippen molar-refractivity contribution in [2.45, 2.75) is 31.6 Å². The van der Waals surface area contributed by atoms with Crippen LogP contribution in [-0.2, 0) is 11.2 Å². The number of carbonyl (C=O) groups is 2. The van der Waals surface area contributed by atoms with Gasteiger partial charge in [0, 0.05) is 21.9 Å². The summed E-state index contributed by atoms with van der Waals surface area (Å²) in [4.78, 5) is 26.0. The van der Waals surface area contributed by atoms with Gasteiger partial charge in [0.05, 0.1) is 4.88 Å². The van der Waals surface area contributed by atoms with Gasteiger partial charge in [0.2, 0.25) is 5.91 Å². The molecule has 2 amide bonds. The highest BCUT2D eigenvalue weighted by molar-refractivity contribution is 7.99. The van der Waals surface area contributed by atoms with Crippen molar-refractivity contribution >= 4 is 34.9 Å². The highest BCUT2D eigenvalue weighted by Crippen LogP contribution is 2.22. The van der Waals surface area contributed by atoms with Crippen LogP contribution in [0.3, 0.4) is 0 Å². The van der Waals surface area contributed by atoms with E-state index in [-0.39, 0.29) is 18.2 Å². The van der Waals surface area contributed by atoms with Crippen molar-refractivity contribution in [2.24, 2.45) is 0 Å². The van der Waals surface area contributed by atoms with Gasteiger partial charge in [-0.1, -0.05) is 6.92 Å². The van der Waals surface area contributed by atoms with Crippen LogP contribution in [0.1, 0.15) is 33.5 Å². The molecule has 2 aromatic rings. The average Bonchev–Trinajstić information content (AvgIpc) is 2.97. The lowest BCUT2D eigenvalue weighted by molar-refractivity contribution is -0.121. The third-order valence-electron chi connectivity index (χ3n) is 3.37. The SMILES string of the molecule is CCc1sc(C(=O)NNC(=O)CCSc2ccc(F)c(F)c2)cc1C. The largest absolute Gasteiger partial charge is 0.279 e. The zero-order valence-corrected chi connectivity index (χ0v) is 15.5. The Morgan fingerprint density at radius 1 is 1.16 bits per heavy atom. The summed E-state index contributed by atoms with van der Waals surface area (Å²) >= 11 is 2.64. The zero-order valence-electron chi connectivity index (χ0n) is 13.8. The number of hydrazine groups is 1. The Morgan fingerprint density at radius 3 is 2.56 bits per heavy atom. The fraction of sp³-hybridized carbons (Fsp3) is 0.294. The van der Waals surface area contributed by atoms with Crippen LogP contribution in [0.25, 0.3) is 0 Å². The van der Waals surface area contributed by atoms with Crippen molar-refractivity contribution in [3.8, 4) is 0 Å².